The molecule has 1 aromatic heterocycles. The lowest BCUT2D eigenvalue weighted by molar-refractivity contribution is -0.119. The summed E-state index contributed by atoms with van der Waals surface area (Å²) in [6.45, 7) is 0.892. The normalized spacial score (nSPS) is 23.4. The van der Waals surface area contributed by atoms with Crippen LogP contribution in [0.25, 0.3) is 11.1 Å². The molecule has 2 aromatic rings. The van der Waals surface area contributed by atoms with E-state index in [0.29, 0.717) is 28.6 Å². The fraction of sp³-hybridized carbons (Fsp3) is 0.550. The molecule has 1 amide bonds. The van der Waals surface area contributed by atoms with Gasteiger partial charge in [0, 0.05) is 11.8 Å². The topological polar surface area (TPSA) is 93.5 Å². The Labute approximate surface area is 157 Å². The van der Waals surface area contributed by atoms with Crippen LogP contribution in [-0.4, -0.2) is 36.6 Å². The molecule has 1 aliphatic carbocycles. The summed E-state index contributed by atoms with van der Waals surface area (Å²) in [5, 5.41) is 6.37. The number of methoxy groups -OCH3 is 1. The summed E-state index contributed by atoms with van der Waals surface area (Å²) in [7, 11) is 1.28. The van der Waals surface area contributed by atoms with E-state index in [1.54, 1.807) is 18.2 Å². The van der Waals surface area contributed by atoms with E-state index in [1.165, 1.54) is 39.2 Å². The van der Waals surface area contributed by atoms with Crippen molar-refractivity contribution in [3.63, 3.8) is 0 Å². The van der Waals surface area contributed by atoms with Gasteiger partial charge in [0.05, 0.1) is 13.2 Å². The maximum absolute atomic E-state index is 12.9. The van der Waals surface area contributed by atoms with Gasteiger partial charge in [0.1, 0.15) is 5.52 Å². The fourth-order valence-electron chi connectivity index (χ4n) is 4.48. The smallest absolute Gasteiger partial charge is 0.394 e. The van der Waals surface area contributed by atoms with Gasteiger partial charge in [0.15, 0.2) is 5.58 Å². The number of fused-ring (bicyclic) bond motifs is 1. The number of aromatic nitrogens is 1. The van der Waals surface area contributed by atoms with Crippen molar-refractivity contribution < 1.29 is 18.7 Å². The molecule has 2 aliphatic rings. The molecule has 1 saturated heterocycles. The fourth-order valence-corrected chi connectivity index (χ4v) is 4.48. The monoisotopic (exact) mass is 371 g/mol. The number of amides is 1. The Morgan fingerprint density at radius 2 is 2.04 bits per heavy atom. The van der Waals surface area contributed by atoms with Crippen molar-refractivity contribution in [2.24, 2.45) is 11.8 Å². The van der Waals surface area contributed by atoms with E-state index in [0.717, 1.165) is 13.0 Å². The quantitative estimate of drug-likeness (QED) is 0.802. The third-order valence-electron chi connectivity index (χ3n) is 5.82. The highest BCUT2D eigenvalue weighted by Crippen LogP contribution is 2.36. The second-order valence-corrected chi connectivity index (χ2v) is 7.46. The van der Waals surface area contributed by atoms with E-state index >= 15 is 0 Å². The number of rotatable bonds is 4. The van der Waals surface area contributed by atoms with Gasteiger partial charge in [-0.1, -0.05) is 32.1 Å². The lowest BCUT2D eigenvalue weighted by Gasteiger charge is -2.30. The molecule has 1 aromatic carbocycles. The van der Waals surface area contributed by atoms with E-state index in [2.05, 4.69) is 20.4 Å². The molecule has 27 heavy (non-hydrogen) atoms. The van der Waals surface area contributed by atoms with Gasteiger partial charge in [-0.3, -0.25) is 4.79 Å². The number of oxazole rings is 1. The van der Waals surface area contributed by atoms with Gasteiger partial charge < -0.3 is 19.8 Å². The molecule has 2 N–H and O–H groups in total. The van der Waals surface area contributed by atoms with E-state index in [1.807, 2.05) is 0 Å². The summed E-state index contributed by atoms with van der Waals surface area (Å²) in [4.78, 5) is 28.5. The molecule has 7 nitrogen and oxygen atoms in total. The molecule has 4 rings (SSSR count). The predicted octanol–water partition coefficient (Wildman–Crippen LogP) is 3.11. The first kappa shape index (κ1) is 18.0. The molecule has 2 fully saturated rings. The molecule has 7 heteroatoms. The number of esters is 1. The van der Waals surface area contributed by atoms with Gasteiger partial charge in [-0.15, -0.1) is 0 Å². The van der Waals surface area contributed by atoms with Crippen LogP contribution in [0, 0.1) is 11.8 Å². The molecule has 0 unspecified atom stereocenters. The van der Waals surface area contributed by atoms with E-state index in [9.17, 15) is 9.59 Å². The van der Waals surface area contributed by atoms with Gasteiger partial charge in [0.25, 0.3) is 0 Å². The maximum Gasteiger partial charge on any atom is 0.394 e. The van der Waals surface area contributed by atoms with Gasteiger partial charge in [-0.05, 0) is 36.9 Å². The van der Waals surface area contributed by atoms with Crippen LogP contribution in [0.2, 0.25) is 0 Å². The highest BCUT2D eigenvalue weighted by Gasteiger charge is 2.38. The highest BCUT2D eigenvalue weighted by molar-refractivity contribution is 5.97. The lowest BCUT2D eigenvalue weighted by atomic mass is 9.76. The second-order valence-electron chi connectivity index (χ2n) is 7.46. The van der Waals surface area contributed by atoms with Crippen molar-refractivity contribution in [2.45, 2.75) is 44.6 Å². The summed E-state index contributed by atoms with van der Waals surface area (Å²) in [5.74, 6) is 0.331. The summed E-state index contributed by atoms with van der Waals surface area (Å²) in [6, 6.07) is 5.04. The maximum atomic E-state index is 12.9. The van der Waals surface area contributed by atoms with Crippen LogP contribution in [0.15, 0.2) is 22.6 Å². The van der Waals surface area contributed by atoms with Crippen molar-refractivity contribution in [3.8, 4) is 0 Å². The van der Waals surface area contributed by atoms with Crippen LogP contribution in [0.5, 0.6) is 0 Å². The van der Waals surface area contributed by atoms with E-state index in [-0.39, 0.29) is 17.8 Å². The first-order chi connectivity index (χ1) is 13.2. The number of anilines is 1. The average Bonchev–Trinajstić information content (AvgIpc) is 3.34. The number of carbonyl (C=O) groups excluding carboxylic acids is 2. The molecular weight excluding hydrogens is 346 g/mol. The van der Waals surface area contributed by atoms with Gasteiger partial charge in [-0.25, -0.2) is 9.78 Å². The SMILES string of the molecule is COC(=O)c1nc2ccc(NC(=O)[C@H]3NCC[C@H]3C3CCCCC3)cc2o1. The Bertz CT molecular complexity index is 841. The van der Waals surface area contributed by atoms with Crippen molar-refractivity contribution in [1.82, 2.24) is 10.3 Å². The summed E-state index contributed by atoms with van der Waals surface area (Å²) >= 11 is 0. The third kappa shape index (κ3) is 3.69. The Kier molecular flexibility index (Phi) is 5.11. The number of hydrogen-bond donors (Lipinski definition) is 2. The first-order valence-electron chi connectivity index (χ1n) is 9.69. The standard InChI is InChI=1S/C20H25N3O4/c1-26-20(25)19-23-15-8-7-13(11-16(15)27-19)22-18(24)17-14(9-10-21-17)12-5-3-2-4-6-12/h7-8,11-12,14,17,21H,2-6,9-10H2,1H3,(H,22,24)/t14-,17-/m0/s1. The summed E-state index contributed by atoms with van der Waals surface area (Å²) < 4.78 is 10.1. The molecule has 0 bridgehead atoms. The van der Waals surface area contributed by atoms with Gasteiger partial charge >= 0.3 is 11.9 Å². The largest absolute Gasteiger partial charge is 0.462 e. The zero-order valence-corrected chi connectivity index (χ0v) is 15.5. The number of carbonyl (C=O) groups is 2. The predicted molar refractivity (Wildman–Crippen MR) is 100 cm³/mol. The average molecular weight is 371 g/mol. The Hall–Kier alpha value is -2.41. The minimum atomic E-state index is -0.623. The molecule has 144 valence electrons. The molecule has 2 atom stereocenters. The molecule has 0 spiro atoms. The van der Waals surface area contributed by atoms with Crippen LogP contribution in [0.4, 0.5) is 5.69 Å². The highest BCUT2D eigenvalue weighted by atomic mass is 16.5. The van der Waals surface area contributed by atoms with Crippen LogP contribution in [0.1, 0.15) is 49.2 Å². The lowest BCUT2D eigenvalue weighted by Crippen LogP contribution is -2.42. The molecule has 2 heterocycles. The minimum Gasteiger partial charge on any atom is -0.462 e. The number of nitrogens with one attached hydrogen (secondary N) is 2. The summed E-state index contributed by atoms with van der Waals surface area (Å²) in [6.07, 6.45) is 7.40. The number of nitrogens with zero attached hydrogens (tertiary/aromatic N) is 1. The second kappa shape index (κ2) is 7.68. The summed E-state index contributed by atoms with van der Waals surface area (Å²) in [5.41, 5.74) is 1.63. The Morgan fingerprint density at radius 3 is 2.81 bits per heavy atom. The molecule has 1 aliphatic heterocycles. The van der Waals surface area contributed by atoms with E-state index < -0.39 is 5.97 Å². The van der Waals surface area contributed by atoms with Crippen molar-refractivity contribution in [3.05, 3.63) is 24.1 Å². The number of ether oxygens (including phenoxy) is 1. The van der Waals surface area contributed by atoms with Crippen LogP contribution in [0.3, 0.4) is 0 Å². The third-order valence-corrected chi connectivity index (χ3v) is 5.82. The molecular formula is C20H25N3O4. The zero-order valence-electron chi connectivity index (χ0n) is 15.5. The number of benzene rings is 1. The minimum absolute atomic E-state index is 0.00451. The molecule has 1 saturated carbocycles. The number of hydrogen-bond acceptors (Lipinski definition) is 6. The van der Waals surface area contributed by atoms with Gasteiger partial charge in [-0.2, -0.15) is 0 Å². The first-order valence-corrected chi connectivity index (χ1v) is 9.69. The van der Waals surface area contributed by atoms with Crippen molar-refractivity contribution in [2.75, 3.05) is 19.0 Å². The van der Waals surface area contributed by atoms with Crippen molar-refractivity contribution >= 4 is 28.7 Å². The van der Waals surface area contributed by atoms with Crippen LogP contribution in [-0.2, 0) is 9.53 Å². The van der Waals surface area contributed by atoms with Gasteiger partial charge in [0.2, 0.25) is 5.91 Å². The van der Waals surface area contributed by atoms with Crippen LogP contribution < -0.4 is 10.6 Å². The van der Waals surface area contributed by atoms with E-state index in [4.69, 9.17) is 4.42 Å². The Balaban J connectivity index is 1.47. The Morgan fingerprint density at radius 1 is 1.22 bits per heavy atom. The zero-order chi connectivity index (χ0) is 18.8. The van der Waals surface area contributed by atoms with Crippen molar-refractivity contribution in [1.29, 1.82) is 0 Å². The molecule has 0 radical (unpaired) electrons. The van der Waals surface area contributed by atoms with Crippen LogP contribution >= 0.6 is 0 Å².